The lowest BCUT2D eigenvalue weighted by Crippen LogP contribution is -2.41. The zero-order valence-corrected chi connectivity index (χ0v) is 16.5. The highest BCUT2D eigenvalue weighted by Crippen LogP contribution is 2.40. The van der Waals surface area contributed by atoms with Crippen molar-refractivity contribution in [3.63, 3.8) is 0 Å². The van der Waals surface area contributed by atoms with E-state index in [2.05, 4.69) is 5.32 Å². The van der Waals surface area contributed by atoms with Crippen molar-refractivity contribution in [2.24, 2.45) is 0 Å². The molecular weight excluding hydrogens is 439 g/mol. The van der Waals surface area contributed by atoms with Crippen LogP contribution in [0.2, 0.25) is 0 Å². The Balaban J connectivity index is 2.11. The van der Waals surface area contributed by atoms with Gasteiger partial charge in [-0.3, -0.25) is 0 Å². The van der Waals surface area contributed by atoms with Gasteiger partial charge in [-0.15, -0.1) is 0 Å². The van der Waals surface area contributed by atoms with Crippen molar-refractivity contribution >= 4 is 5.69 Å². The molecule has 2 N–H and O–H groups in total. The predicted octanol–water partition coefficient (Wildman–Crippen LogP) is 6.19. The van der Waals surface area contributed by atoms with Gasteiger partial charge in [-0.2, -0.15) is 13.2 Å². The van der Waals surface area contributed by atoms with Crippen LogP contribution in [0.15, 0.2) is 60.7 Å². The van der Waals surface area contributed by atoms with Gasteiger partial charge in [0.15, 0.2) is 23.3 Å². The largest absolute Gasteiger partial charge is 0.422 e. The molecule has 0 saturated heterocycles. The number of aryl methyl sites for hydroxylation is 1. The first-order valence-electron chi connectivity index (χ1n) is 9.52. The second-order valence-electron chi connectivity index (χ2n) is 7.22. The van der Waals surface area contributed by atoms with Gasteiger partial charge in [0.05, 0.1) is 12.1 Å². The lowest BCUT2D eigenvalue weighted by molar-refractivity contribution is -0.143. The topological polar surface area (TPSA) is 32.3 Å². The van der Waals surface area contributed by atoms with Crippen molar-refractivity contribution in [2.75, 3.05) is 11.9 Å². The zero-order chi connectivity index (χ0) is 23.5. The average molecular weight is 457 g/mol. The van der Waals surface area contributed by atoms with Crippen LogP contribution in [0.3, 0.4) is 0 Å². The van der Waals surface area contributed by atoms with Gasteiger partial charge in [0, 0.05) is 0 Å². The molecule has 1 atom stereocenters. The summed E-state index contributed by atoms with van der Waals surface area (Å²) < 4.78 is 96.1. The Morgan fingerprint density at radius 3 is 1.69 bits per heavy atom. The Bertz CT molecular complexity index is 1040. The van der Waals surface area contributed by atoms with E-state index in [4.69, 9.17) is 0 Å². The number of alkyl halides is 3. The highest BCUT2D eigenvalue weighted by atomic mass is 19.4. The molecule has 0 radical (unpaired) electrons. The van der Waals surface area contributed by atoms with Crippen molar-refractivity contribution < 1.29 is 35.8 Å². The number of anilines is 1. The number of rotatable bonds is 7. The Morgan fingerprint density at radius 2 is 1.22 bits per heavy atom. The summed E-state index contributed by atoms with van der Waals surface area (Å²) in [4.78, 5) is 0. The van der Waals surface area contributed by atoms with Crippen LogP contribution < -0.4 is 5.32 Å². The number of aliphatic hydroxyl groups excluding tert-OH is 1. The fraction of sp³-hybridized carbons (Fsp3) is 0.217. The summed E-state index contributed by atoms with van der Waals surface area (Å²) in [6.45, 7) is -0.771. The molecular formula is C23H18F7NO. The third-order valence-electron chi connectivity index (χ3n) is 5.19. The van der Waals surface area contributed by atoms with Gasteiger partial charge >= 0.3 is 6.18 Å². The molecule has 0 heterocycles. The maximum atomic E-state index is 14.6. The van der Waals surface area contributed by atoms with Crippen LogP contribution in [-0.2, 0) is 18.1 Å². The van der Waals surface area contributed by atoms with Crippen LogP contribution in [0, 0.1) is 23.3 Å². The molecule has 32 heavy (non-hydrogen) atoms. The molecule has 3 aromatic rings. The minimum absolute atomic E-state index is 0.000662. The van der Waals surface area contributed by atoms with Gasteiger partial charge in [-0.1, -0.05) is 60.7 Å². The number of aliphatic hydroxyl groups is 1. The van der Waals surface area contributed by atoms with E-state index in [1.807, 2.05) is 0 Å². The maximum Gasteiger partial charge on any atom is 0.422 e. The van der Waals surface area contributed by atoms with Crippen molar-refractivity contribution in [1.82, 2.24) is 0 Å². The van der Waals surface area contributed by atoms with Gasteiger partial charge in [-0.25, -0.2) is 17.6 Å². The minimum Gasteiger partial charge on any atom is -0.394 e. The Labute approximate surface area is 179 Å². The standard InChI is InChI=1S/C23H18F7NO/c24-17-16(23(28,29)30)18(25)20(27)21(19(17)26)31-22(13-32,15-9-5-2-6-10-15)12-11-14-7-3-1-4-8-14/h1-10,31-32H,11-13H2. The van der Waals surface area contributed by atoms with Crippen molar-refractivity contribution in [3.05, 3.63) is 101 Å². The number of hydrogen-bond donors (Lipinski definition) is 2. The van der Waals surface area contributed by atoms with Gasteiger partial charge < -0.3 is 10.4 Å². The molecule has 2 nitrogen and oxygen atoms in total. The third-order valence-corrected chi connectivity index (χ3v) is 5.19. The summed E-state index contributed by atoms with van der Waals surface area (Å²) in [7, 11) is 0. The number of benzene rings is 3. The molecule has 0 aliphatic heterocycles. The lowest BCUT2D eigenvalue weighted by Gasteiger charge is -2.35. The average Bonchev–Trinajstić information content (AvgIpc) is 2.78. The van der Waals surface area contributed by atoms with E-state index in [1.54, 1.807) is 48.5 Å². The van der Waals surface area contributed by atoms with Gasteiger partial charge in [-0.05, 0) is 24.0 Å². The van der Waals surface area contributed by atoms with E-state index < -0.39 is 52.8 Å². The maximum absolute atomic E-state index is 14.6. The SMILES string of the molecule is OCC(CCc1ccccc1)(Nc1c(F)c(F)c(C(F)(F)F)c(F)c1F)c1ccccc1. The number of halogens is 7. The van der Waals surface area contributed by atoms with Crippen molar-refractivity contribution in [1.29, 1.82) is 0 Å². The van der Waals surface area contributed by atoms with Crippen LogP contribution in [0.5, 0.6) is 0 Å². The molecule has 0 saturated carbocycles. The van der Waals surface area contributed by atoms with Crippen molar-refractivity contribution in [2.45, 2.75) is 24.6 Å². The Kier molecular flexibility index (Phi) is 6.78. The van der Waals surface area contributed by atoms with E-state index in [-0.39, 0.29) is 12.8 Å². The van der Waals surface area contributed by atoms with Crippen LogP contribution in [0.4, 0.5) is 36.4 Å². The fourth-order valence-electron chi connectivity index (χ4n) is 3.48. The summed E-state index contributed by atoms with van der Waals surface area (Å²) in [6, 6.07) is 16.6. The van der Waals surface area contributed by atoms with E-state index in [0.29, 0.717) is 5.56 Å². The highest BCUT2D eigenvalue weighted by molar-refractivity contribution is 5.54. The molecule has 0 amide bonds. The molecule has 0 aliphatic rings. The molecule has 0 bridgehead atoms. The first kappa shape index (κ1) is 23.6. The van der Waals surface area contributed by atoms with E-state index in [1.165, 1.54) is 12.1 Å². The van der Waals surface area contributed by atoms with Crippen LogP contribution in [0.1, 0.15) is 23.1 Å². The monoisotopic (exact) mass is 457 g/mol. The Hall–Kier alpha value is -3.07. The number of hydrogen-bond acceptors (Lipinski definition) is 2. The smallest absolute Gasteiger partial charge is 0.394 e. The molecule has 3 rings (SSSR count). The molecule has 0 aliphatic carbocycles. The molecule has 0 aromatic heterocycles. The van der Waals surface area contributed by atoms with Crippen LogP contribution >= 0.6 is 0 Å². The lowest BCUT2D eigenvalue weighted by atomic mass is 9.84. The quantitative estimate of drug-likeness (QED) is 0.327. The summed E-state index contributed by atoms with van der Waals surface area (Å²) in [5.74, 6) is -9.60. The van der Waals surface area contributed by atoms with E-state index in [9.17, 15) is 35.8 Å². The van der Waals surface area contributed by atoms with Gasteiger partial charge in [0.25, 0.3) is 0 Å². The van der Waals surface area contributed by atoms with Crippen LogP contribution in [-0.4, -0.2) is 11.7 Å². The van der Waals surface area contributed by atoms with E-state index >= 15 is 0 Å². The first-order chi connectivity index (χ1) is 15.1. The molecule has 1 unspecified atom stereocenters. The predicted molar refractivity (Wildman–Crippen MR) is 105 cm³/mol. The van der Waals surface area contributed by atoms with Crippen molar-refractivity contribution in [3.8, 4) is 0 Å². The zero-order valence-electron chi connectivity index (χ0n) is 16.5. The molecule has 0 fully saturated rings. The summed E-state index contributed by atoms with van der Waals surface area (Å²) in [5, 5.41) is 12.5. The highest BCUT2D eigenvalue weighted by Gasteiger charge is 2.43. The van der Waals surface area contributed by atoms with Gasteiger partial charge in [0.1, 0.15) is 11.3 Å². The molecule has 9 heteroatoms. The summed E-state index contributed by atoms with van der Waals surface area (Å²) in [6.07, 6.45) is -5.37. The number of nitrogens with one attached hydrogen (secondary N) is 1. The molecule has 0 spiro atoms. The molecule has 170 valence electrons. The second-order valence-corrected chi connectivity index (χ2v) is 7.22. The first-order valence-corrected chi connectivity index (χ1v) is 9.52. The fourth-order valence-corrected chi connectivity index (χ4v) is 3.48. The normalized spacial score (nSPS) is 13.6. The Morgan fingerprint density at radius 1 is 0.719 bits per heavy atom. The summed E-state index contributed by atoms with van der Waals surface area (Å²) in [5.41, 5.74) is -4.63. The van der Waals surface area contributed by atoms with Crippen LogP contribution in [0.25, 0.3) is 0 Å². The van der Waals surface area contributed by atoms with Gasteiger partial charge in [0.2, 0.25) is 0 Å². The van der Waals surface area contributed by atoms with E-state index in [0.717, 1.165) is 5.56 Å². The summed E-state index contributed by atoms with van der Waals surface area (Å²) >= 11 is 0. The second kappa shape index (κ2) is 9.20. The minimum atomic E-state index is -5.64. The molecule has 3 aromatic carbocycles. The third kappa shape index (κ3) is 4.57.